The van der Waals surface area contributed by atoms with E-state index >= 15 is 0 Å². The molecule has 0 unspecified atom stereocenters. The molecular formula is C36H54O3. The smallest absolute Gasteiger partial charge is 0.311 e. The van der Waals surface area contributed by atoms with Crippen molar-refractivity contribution in [2.45, 2.75) is 148 Å². The largest absolute Gasteiger partial charge is 0.427 e. The Kier molecular flexibility index (Phi) is 11.7. The monoisotopic (exact) mass is 534 g/mol. The van der Waals surface area contributed by atoms with Crippen LogP contribution in [0, 0.1) is 17.3 Å². The van der Waals surface area contributed by atoms with Crippen molar-refractivity contribution in [3.63, 3.8) is 0 Å². The summed E-state index contributed by atoms with van der Waals surface area (Å²) in [5.74, 6) is 2.88. The quantitative estimate of drug-likeness (QED) is 0.0917. The van der Waals surface area contributed by atoms with Crippen LogP contribution >= 0.6 is 0 Å². The fraction of sp³-hybridized carbons (Fsp3) is 0.722. The maximum absolute atomic E-state index is 12.6. The summed E-state index contributed by atoms with van der Waals surface area (Å²) in [4.78, 5) is 25.0. The number of benzene rings is 1. The van der Waals surface area contributed by atoms with Gasteiger partial charge < -0.3 is 4.74 Å². The molecule has 0 amide bonds. The average molecular weight is 535 g/mol. The van der Waals surface area contributed by atoms with Gasteiger partial charge in [-0.3, -0.25) is 9.59 Å². The Morgan fingerprint density at radius 1 is 0.897 bits per heavy atom. The van der Waals surface area contributed by atoms with Crippen LogP contribution in [0.3, 0.4) is 0 Å². The molecule has 0 heterocycles. The molecule has 216 valence electrons. The summed E-state index contributed by atoms with van der Waals surface area (Å²) in [6.07, 6.45) is 27.8. The molecule has 4 atom stereocenters. The van der Waals surface area contributed by atoms with Crippen LogP contribution in [0.15, 0.2) is 30.4 Å². The number of Topliss-reactive ketones (excluding diaryl/α,β-unsaturated/α-hetero) is 1. The fourth-order valence-electron chi connectivity index (χ4n) is 7.92. The van der Waals surface area contributed by atoms with Gasteiger partial charge in [-0.25, -0.2) is 0 Å². The summed E-state index contributed by atoms with van der Waals surface area (Å²) in [5.41, 5.74) is 2.73. The first-order valence-corrected chi connectivity index (χ1v) is 16.5. The van der Waals surface area contributed by atoms with Gasteiger partial charge in [0.25, 0.3) is 0 Å². The maximum atomic E-state index is 12.6. The third-order valence-corrected chi connectivity index (χ3v) is 10.3. The third kappa shape index (κ3) is 8.08. The van der Waals surface area contributed by atoms with Gasteiger partial charge in [0.15, 0.2) is 0 Å². The molecule has 1 aromatic rings. The van der Waals surface area contributed by atoms with Crippen LogP contribution in [0.2, 0.25) is 0 Å². The van der Waals surface area contributed by atoms with Crippen LogP contribution in [0.5, 0.6) is 5.75 Å². The molecule has 0 N–H and O–H groups in total. The minimum absolute atomic E-state index is 0.0713. The van der Waals surface area contributed by atoms with Gasteiger partial charge in [0.2, 0.25) is 0 Å². The van der Waals surface area contributed by atoms with E-state index in [4.69, 9.17) is 4.74 Å². The van der Waals surface area contributed by atoms with Crippen molar-refractivity contribution in [3.8, 4) is 5.75 Å². The molecule has 0 saturated heterocycles. The van der Waals surface area contributed by atoms with Crippen LogP contribution in [0.4, 0.5) is 0 Å². The van der Waals surface area contributed by atoms with E-state index in [9.17, 15) is 9.59 Å². The molecule has 3 aliphatic carbocycles. The minimum atomic E-state index is -0.0980. The number of hydrogen-bond donors (Lipinski definition) is 0. The minimum Gasteiger partial charge on any atom is -0.427 e. The predicted molar refractivity (Wildman–Crippen MR) is 161 cm³/mol. The Labute approximate surface area is 238 Å². The van der Waals surface area contributed by atoms with Crippen LogP contribution in [0.25, 0.3) is 0 Å². The third-order valence-electron chi connectivity index (χ3n) is 10.3. The Balaban J connectivity index is 1.08. The van der Waals surface area contributed by atoms with Gasteiger partial charge >= 0.3 is 5.97 Å². The lowest BCUT2D eigenvalue weighted by atomic mass is 9.55. The van der Waals surface area contributed by atoms with Gasteiger partial charge in [-0.15, -0.1) is 0 Å². The normalized spacial score (nSPS) is 25.9. The number of esters is 1. The topological polar surface area (TPSA) is 43.4 Å². The maximum Gasteiger partial charge on any atom is 0.311 e. The molecule has 3 nitrogen and oxygen atoms in total. The number of carbonyl (C=O) groups is 2. The van der Waals surface area contributed by atoms with E-state index in [0.29, 0.717) is 35.7 Å². The van der Waals surface area contributed by atoms with Gasteiger partial charge in [-0.1, -0.05) is 83.4 Å². The van der Waals surface area contributed by atoms with Crippen molar-refractivity contribution < 1.29 is 14.3 Å². The summed E-state index contributed by atoms with van der Waals surface area (Å²) < 4.78 is 5.74. The van der Waals surface area contributed by atoms with Crippen LogP contribution < -0.4 is 4.74 Å². The second-order valence-electron chi connectivity index (χ2n) is 13.0. The highest BCUT2D eigenvalue weighted by Crippen LogP contribution is 2.59. The second kappa shape index (κ2) is 15.2. The predicted octanol–water partition coefficient (Wildman–Crippen LogP) is 10.1. The van der Waals surface area contributed by atoms with E-state index in [1.807, 2.05) is 6.07 Å². The van der Waals surface area contributed by atoms with E-state index in [1.165, 1.54) is 81.8 Å². The van der Waals surface area contributed by atoms with Crippen LogP contribution in [0.1, 0.15) is 153 Å². The van der Waals surface area contributed by atoms with Crippen molar-refractivity contribution in [1.29, 1.82) is 0 Å². The molecule has 0 aliphatic heterocycles. The van der Waals surface area contributed by atoms with Gasteiger partial charge in [0, 0.05) is 18.3 Å². The molecular weight excluding hydrogens is 480 g/mol. The molecule has 4 rings (SSSR count). The lowest BCUT2D eigenvalue weighted by Gasteiger charge is -2.48. The van der Waals surface area contributed by atoms with Crippen molar-refractivity contribution in [2.24, 2.45) is 17.3 Å². The molecule has 3 heteroatoms. The van der Waals surface area contributed by atoms with Crippen LogP contribution in [-0.4, -0.2) is 11.8 Å². The number of hydrogen-bond acceptors (Lipinski definition) is 3. The number of rotatable bonds is 16. The van der Waals surface area contributed by atoms with Crippen molar-refractivity contribution >= 4 is 11.8 Å². The number of carbonyl (C=O) groups excluding carboxylic acids is 2. The molecule has 0 radical (unpaired) electrons. The summed E-state index contributed by atoms with van der Waals surface area (Å²) in [6.45, 7) is 4.50. The summed E-state index contributed by atoms with van der Waals surface area (Å²) >= 11 is 0. The van der Waals surface area contributed by atoms with Crippen molar-refractivity contribution in [1.82, 2.24) is 0 Å². The average Bonchev–Trinajstić information content (AvgIpc) is 3.24. The molecule has 3 aliphatic rings. The Hall–Kier alpha value is -1.90. The number of unbranched alkanes of at least 4 members (excludes halogenated alkanes) is 11. The zero-order valence-electron chi connectivity index (χ0n) is 25.0. The molecule has 0 spiro atoms. The molecule has 2 fully saturated rings. The molecule has 1 aromatic carbocycles. The lowest BCUT2D eigenvalue weighted by molar-refractivity contribution is -0.134. The number of allylic oxidation sites excluding steroid dienone is 2. The van der Waals surface area contributed by atoms with E-state index < -0.39 is 0 Å². The van der Waals surface area contributed by atoms with Crippen molar-refractivity contribution in [3.05, 3.63) is 41.5 Å². The highest BCUT2D eigenvalue weighted by molar-refractivity contribution is 5.87. The molecule has 2 saturated carbocycles. The van der Waals surface area contributed by atoms with E-state index in [0.717, 1.165) is 51.4 Å². The number of aryl methyl sites for hydroxylation is 1. The van der Waals surface area contributed by atoms with Gasteiger partial charge in [-0.05, 0) is 105 Å². The first-order valence-electron chi connectivity index (χ1n) is 16.5. The fourth-order valence-corrected chi connectivity index (χ4v) is 7.92. The second-order valence-corrected chi connectivity index (χ2v) is 13.0. The Morgan fingerprint density at radius 3 is 2.33 bits per heavy atom. The Bertz CT molecular complexity index is 962. The van der Waals surface area contributed by atoms with Gasteiger partial charge in [0.05, 0.1) is 0 Å². The first kappa shape index (κ1) is 30.1. The molecule has 39 heavy (non-hydrogen) atoms. The lowest BCUT2D eigenvalue weighted by Crippen LogP contribution is -2.42. The zero-order valence-corrected chi connectivity index (χ0v) is 25.0. The van der Waals surface area contributed by atoms with E-state index in [1.54, 1.807) is 0 Å². The Morgan fingerprint density at radius 2 is 1.59 bits per heavy atom. The SMILES string of the molecule is CCCCCCCCC=CCCCCCCCC(=O)Oc1ccc2c(c1)CC[C@@H]1[C@@H]2CC[C@]2(C)C(=O)CC[C@@H]12. The van der Waals surface area contributed by atoms with E-state index in [2.05, 4.69) is 38.1 Å². The number of fused-ring (bicyclic) bond motifs is 5. The van der Waals surface area contributed by atoms with Crippen LogP contribution in [-0.2, 0) is 16.0 Å². The van der Waals surface area contributed by atoms with E-state index in [-0.39, 0.29) is 11.4 Å². The van der Waals surface area contributed by atoms with Crippen molar-refractivity contribution in [2.75, 3.05) is 0 Å². The molecule has 0 bridgehead atoms. The van der Waals surface area contributed by atoms with Gasteiger partial charge in [-0.2, -0.15) is 0 Å². The standard InChI is InChI=1S/C36H54O3/c1-3-4-5-6-7-8-9-10-11-12-13-14-15-16-17-18-35(38)39-29-20-22-30-28(27-29)19-21-32-31(30)25-26-36(2)33(32)23-24-34(36)37/h10-11,20,22,27,31-33H,3-9,12-19,21,23-26H2,1-2H3/t31-,32-,33+,36+/m1/s1. The number of ketones is 1. The van der Waals surface area contributed by atoms with Gasteiger partial charge in [0.1, 0.15) is 11.5 Å². The molecule has 0 aromatic heterocycles. The first-order chi connectivity index (χ1) is 19.0. The summed E-state index contributed by atoms with van der Waals surface area (Å²) in [5, 5.41) is 0. The highest BCUT2D eigenvalue weighted by Gasteiger charge is 2.54. The summed E-state index contributed by atoms with van der Waals surface area (Å²) in [7, 11) is 0. The highest BCUT2D eigenvalue weighted by atomic mass is 16.5. The summed E-state index contributed by atoms with van der Waals surface area (Å²) in [6, 6.07) is 6.35. The number of ether oxygens (including phenoxy) is 1. The zero-order chi connectivity index (χ0) is 27.5.